The SMILES string of the molecule is CC(C)Oc1ccc(N2C(=S)N[C@@H](c3ccccn3)[C@@H]2c2ccc(-c3cccc(C(=O)O)c3)o2)cc1. The Morgan fingerprint density at radius 2 is 1.89 bits per heavy atom. The zero-order chi connectivity index (χ0) is 25.2. The molecule has 0 radical (unpaired) electrons. The summed E-state index contributed by atoms with van der Waals surface area (Å²) < 4.78 is 12.1. The van der Waals surface area contributed by atoms with Crippen molar-refractivity contribution in [2.75, 3.05) is 4.90 Å². The third-order valence-corrected chi connectivity index (χ3v) is 6.21. The number of nitrogens with one attached hydrogen (secondary N) is 1. The number of aromatic nitrogens is 1. The number of hydrogen-bond donors (Lipinski definition) is 2. The molecule has 0 bridgehead atoms. The highest BCUT2D eigenvalue weighted by atomic mass is 32.1. The monoisotopic (exact) mass is 499 g/mol. The molecule has 1 aliphatic rings. The van der Waals surface area contributed by atoms with Crippen molar-refractivity contribution in [1.29, 1.82) is 0 Å². The van der Waals surface area contributed by atoms with Crippen LogP contribution in [0.2, 0.25) is 0 Å². The lowest BCUT2D eigenvalue weighted by atomic mass is 10.0. The van der Waals surface area contributed by atoms with Gasteiger partial charge in [-0.15, -0.1) is 0 Å². The molecular weight excluding hydrogens is 474 g/mol. The van der Waals surface area contributed by atoms with E-state index in [0.29, 0.717) is 22.2 Å². The third kappa shape index (κ3) is 4.67. The van der Waals surface area contributed by atoms with E-state index < -0.39 is 5.97 Å². The number of thiocarbonyl (C=S) groups is 1. The summed E-state index contributed by atoms with van der Waals surface area (Å²) in [6.45, 7) is 3.98. The van der Waals surface area contributed by atoms with Gasteiger partial charge in [0.1, 0.15) is 23.3 Å². The third-order valence-electron chi connectivity index (χ3n) is 5.90. The minimum atomic E-state index is -0.986. The van der Waals surface area contributed by atoms with Gasteiger partial charge in [-0.05, 0) is 86.7 Å². The van der Waals surface area contributed by atoms with Gasteiger partial charge >= 0.3 is 5.97 Å². The maximum absolute atomic E-state index is 11.4. The molecule has 2 aromatic heterocycles. The molecule has 0 spiro atoms. The molecule has 0 amide bonds. The zero-order valence-corrected chi connectivity index (χ0v) is 20.6. The Labute approximate surface area is 214 Å². The number of furan rings is 1. The number of carboxylic acid groups (broad SMARTS) is 1. The van der Waals surface area contributed by atoms with Crippen LogP contribution < -0.4 is 15.0 Å². The topological polar surface area (TPSA) is 87.8 Å². The highest BCUT2D eigenvalue weighted by Gasteiger charge is 2.42. The van der Waals surface area contributed by atoms with E-state index >= 15 is 0 Å². The lowest BCUT2D eigenvalue weighted by molar-refractivity contribution is 0.0697. The summed E-state index contributed by atoms with van der Waals surface area (Å²) in [7, 11) is 0. The van der Waals surface area contributed by atoms with Crippen molar-refractivity contribution in [1.82, 2.24) is 10.3 Å². The van der Waals surface area contributed by atoms with Gasteiger partial charge in [-0.1, -0.05) is 18.2 Å². The number of carboxylic acids is 1. The normalized spacial score (nSPS) is 17.3. The Morgan fingerprint density at radius 1 is 1.08 bits per heavy atom. The van der Waals surface area contributed by atoms with Crippen LogP contribution in [0.5, 0.6) is 5.75 Å². The van der Waals surface area contributed by atoms with Crippen LogP contribution in [0.4, 0.5) is 5.69 Å². The molecule has 2 N–H and O–H groups in total. The van der Waals surface area contributed by atoms with E-state index in [2.05, 4.69) is 10.3 Å². The van der Waals surface area contributed by atoms with E-state index in [1.807, 2.05) is 79.4 Å². The van der Waals surface area contributed by atoms with Gasteiger partial charge in [-0.3, -0.25) is 4.98 Å². The average Bonchev–Trinajstić information content (AvgIpc) is 3.49. The molecule has 4 aromatic rings. The van der Waals surface area contributed by atoms with Crippen LogP contribution in [-0.2, 0) is 0 Å². The number of ether oxygens (including phenoxy) is 1. The van der Waals surface area contributed by atoms with Crippen LogP contribution in [0.15, 0.2) is 89.5 Å². The van der Waals surface area contributed by atoms with Gasteiger partial charge in [0.2, 0.25) is 0 Å². The van der Waals surface area contributed by atoms with Crippen molar-refractivity contribution in [3.8, 4) is 17.1 Å². The maximum Gasteiger partial charge on any atom is 0.335 e. The van der Waals surface area contributed by atoms with Crippen LogP contribution in [0, 0.1) is 0 Å². The largest absolute Gasteiger partial charge is 0.491 e. The van der Waals surface area contributed by atoms with Crippen molar-refractivity contribution in [2.45, 2.75) is 32.0 Å². The highest BCUT2D eigenvalue weighted by molar-refractivity contribution is 7.80. The molecule has 2 aromatic carbocycles. The van der Waals surface area contributed by atoms with Gasteiger partial charge in [0.15, 0.2) is 5.11 Å². The maximum atomic E-state index is 11.4. The van der Waals surface area contributed by atoms with Gasteiger partial charge in [0.05, 0.1) is 23.4 Å². The van der Waals surface area contributed by atoms with E-state index in [0.717, 1.165) is 17.1 Å². The van der Waals surface area contributed by atoms with Gasteiger partial charge < -0.3 is 24.5 Å². The number of rotatable bonds is 7. The summed E-state index contributed by atoms with van der Waals surface area (Å²) in [5.41, 5.74) is 2.60. The molecule has 3 heterocycles. The second kappa shape index (κ2) is 9.83. The minimum Gasteiger partial charge on any atom is -0.491 e. The van der Waals surface area contributed by atoms with E-state index in [1.54, 1.807) is 24.4 Å². The first-order valence-electron chi connectivity index (χ1n) is 11.6. The Morgan fingerprint density at radius 3 is 2.58 bits per heavy atom. The van der Waals surface area contributed by atoms with Crippen molar-refractivity contribution >= 4 is 29.0 Å². The van der Waals surface area contributed by atoms with E-state index in [-0.39, 0.29) is 23.8 Å². The smallest absolute Gasteiger partial charge is 0.335 e. The predicted octanol–water partition coefficient (Wildman–Crippen LogP) is 6.00. The summed E-state index contributed by atoms with van der Waals surface area (Å²) in [6, 6.07) is 23.4. The highest BCUT2D eigenvalue weighted by Crippen LogP contribution is 2.43. The van der Waals surface area contributed by atoms with Crippen LogP contribution >= 0.6 is 12.2 Å². The van der Waals surface area contributed by atoms with E-state index in [4.69, 9.17) is 21.4 Å². The molecule has 182 valence electrons. The first-order valence-corrected chi connectivity index (χ1v) is 12.0. The standard InChI is InChI=1S/C28H25N3O4S/c1-17(2)34-21-11-9-20(10-12-21)31-26(25(30-28(31)36)22-8-3-4-15-29-22)24-14-13-23(35-24)18-6-5-7-19(16-18)27(32)33/h3-17,25-26H,1-2H3,(H,30,36)(H,32,33)/t25-,26-/m0/s1. The minimum absolute atomic E-state index is 0.0767. The average molecular weight is 500 g/mol. The van der Waals surface area contributed by atoms with E-state index in [9.17, 15) is 9.90 Å². The fourth-order valence-electron chi connectivity index (χ4n) is 4.35. The fourth-order valence-corrected chi connectivity index (χ4v) is 4.70. The molecule has 2 atom stereocenters. The van der Waals surface area contributed by atoms with Crippen molar-refractivity contribution in [3.63, 3.8) is 0 Å². The number of hydrogen-bond acceptors (Lipinski definition) is 5. The second-order valence-corrected chi connectivity index (χ2v) is 9.13. The molecule has 0 aliphatic carbocycles. The first kappa shape index (κ1) is 23.6. The van der Waals surface area contributed by atoms with Gasteiger partial charge in [0, 0.05) is 17.4 Å². The number of carbonyl (C=O) groups is 1. The number of benzene rings is 2. The lowest BCUT2D eigenvalue weighted by Crippen LogP contribution is -2.29. The Bertz CT molecular complexity index is 1390. The molecule has 36 heavy (non-hydrogen) atoms. The molecule has 7 nitrogen and oxygen atoms in total. The molecule has 5 rings (SSSR count). The summed E-state index contributed by atoms with van der Waals surface area (Å²) in [6.07, 6.45) is 1.83. The molecular formula is C28H25N3O4S. The quantitative estimate of drug-likeness (QED) is 0.299. The van der Waals surface area contributed by atoms with Crippen molar-refractivity contribution < 1.29 is 19.1 Å². The van der Waals surface area contributed by atoms with Gasteiger partial charge in [-0.2, -0.15) is 0 Å². The van der Waals surface area contributed by atoms with Crippen molar-refractivity contribution in [2.24, 2.45) is 0 Å². The van der Waals surface area contributed by atoms with Gasteiger partial charge in [0.25, 0.3) is 0 Å². The molecule has 0 saturated carbocycles. The molecule has 1 aliphatic heterocycles. The number of aromatic carboxylic acids is 1. The summed E-state index contributed by atoms with van der Waals surface area (Å²) >= 11 is 5.77. The Kier molecular flexibility index (Phi) is 6.43. The summed E-state index contributed by atoms with van der Waals surface area (Å²) in [5, 5.41) is 13.3. The Hall–Kier alpha value is -4.17. The second-order valence-electron chi connectivity index (χ2n) is 8.75. The fraction of sp³-hybridized carbons (Fsp3) is 0.179. The van der Waals surface area contributed by atoms with Crippen LogP contribution in [-0.4, -0.2) is 27.3 Å². The lowest BCUT2D eigenvalue weighted by Gasteiger charge is -2.26. The predicted molar refractivity (Wildman–Crippen MR) is 141 cm³/mol. The van der Waals surface area contributed by atoms with Gasteiger partial charge in [-0.25, -0.2) is 4.79 Å². The van der Waals surface area contributed by atoms with Crippen molar-refractivity contribution in [3.05, 3.63) is 102 Å². The molecule has 0 unspecified atom stereocenters. The van der Waals surface area contributed by atoms with Crippen LogP contribution in [0.25, 0.3) is 11.3 Å². The molecule has 8 heteroatoms. The zero-order valence-electron chi connectivity index (χ0n) is 19.8. The number of anilines is 1. The summed E-state index contributed by atoms with van der Waals surface area (Å²) in [5.74, 6) is 1.05. The van der Waals surface area contributed by atoms with E-state index in [1.165, 1.54) is 0 Å². The molecule has 1 saturated heterocycles. The summed E-state index contributed by atoms with van der Waals surface area (Å²) in [4.78, 5) is 18.0. The number of pyridine rings is 1. The molecule has 1 fully saturated rings. The van der Waals surface area contributed by atoms with Crippen LogP contribution in [0.3, 0.4) is 0 Å². The first-order chi connectivity index (χ1) is 17.4. The Balaban J connectivity index is 1.55. The van der Waals surface area contributed by atoms with Crippen LogP contribution in [0.1, 0.15) is 47.7 Å². The number of nitrogens with zero attached hydrogens (tertiary/aromatic N) is 2.